The second kappa shape index (κ2) is 8.76. The van der Waals surface area contributed by atoms with E-state index in [1.165, 1.54) is 0 Å². The average Bonchev–Trinajstić information content (AvgIpc) is 2.80. The fraction of sp³-hybridized carbons (Fsp3) is 0. The van der Waals surface area contributed by atoms with E-state index < -0.39 is 5.97 Å². The van der Waals surface area contributed by atoms with Gasteiger partial charge in [-0.1, -0.05) is 60.7 Å². The van der Waals surface area contributed by atoms with E-state index >= 15 is 0 Å². The highest BCUT2D eigenvalue weighted by Crippen LogP contribution is 2.23. The first-order chi connectivity index (χ1) is 14.3. The highest BCUT2D eigenvalue weighted by molar-refractivity contribution is 5.91. The molecule has 29 heavy (non-hydrogen) atoms. The molecule has 0 unspecified atom stereocenters. The van der Waals surface area contributed by atoms with Gasteiger partial charge in [0.1, 0.15) is 5.75 Å². The minimum atomic E-state index is -0.413. The van der Waals surface area contributed by atoms with Gasteiger partial charge in [-0.2, -0.15) is 10.2 Å². The summed E-state index contributed by atoms with van der Waals surface area (Å²) >= 11 is 0. The Bertz CT molecular complexity index is 1110. The van der Waals surface area contributed by atoms with Crippen LogP contribution in [0.5, 0.6) is 5.75 Å². The van der Waals surface area contributed by atoms with Crippen LogP contribution in [-0.4, -0.2) is 5.97 Å². The molecule has 0 aliphatic carbocycles. The number of nitrogens with zero attached hydrogens (tertiary/aromatic N) is 2. The molecule has 4 rings (SSSR count). The van der Waals surface area contributed by atoms with Gasteiger partial charge >= 0.3 is 5.97 Å². The van der Waals surface area contributed by atoms with Crippen LogP contribution < -0.4 is 4.74 Å². The minimum Gasteiger partial charge on any atom is -0.423 e. The largest absolute Gasteiger partial charge is 0.423 e. The second-order valence-electron chi connectivity index (χ2n) is 6.36. The van der Waals surface area contributed by atoms with Crippen molar-refractivity contribution in [3.05, 3.63) is 115 Å². The van der Waals surface area contributed by atoms with Gasteiger partial charge < -0.3 is 4.74 Å². The third kappa shape index (κ3) is 4.82. The first-order valence-electron chi connectivity index (χ1n) is 9.22. The fourth-order valence-electron chi connectivity index (χ4n) is 2.79. The molecule has 4 nitrogen and oxygen atoms in total. The topological polar surface area (TPSA) is 51.0 Å². The van der Waals surface area contributed by atoms with Gasteiger partial charge in [0.05, 0.1) is 16.9 Å². The van der Waals surface area contributed by atoms with Crippen molar-refractivity contribution in [2.45, 2.75) is 0 Å². The molecule has 0 bridgehead atoms. The van der Waals surface area contributed by atoms with Crippen LogP contribution in [0, 0.1) is 0 Å². The highest BCUT2D eigenvalue weighted by Gasteiger charge is 2.09. The molecule has 0 saturated heterocycles. The van der Waals surface area contributed by atoms with Gasteiger partial charge in [-0.05, 0) is 59.7 Å². The third-order valence-corrected chi connectivity index (χ3v) is 4.31. The number of hydrogen-bond donors (Lipinski definition) is 0. The standard InChI is InChI=1S/C25H18N2O2/c28-25(29-24-17-13-20(14-18-24)19-7-3-1-4-8-19)21-11-15-23(16-12-21)27-26-22-9-5-2-6-10-22/h1-18H. The number of esters is 1. The summed E-state index contributed by atoms with van der Waals surface area (Å²) in [4.78, 5) is 12.4. The lowest BCUT2D eigenvalue weighted by Gasteiger charge is -2.06. The summed E-state index contributed by atoms with van der Waals surface area (Å²) in [5.74, 6) is 0.0894. The molecule has 4 aromatic carbocycles. The molecular formula is C25H18N2O2. The maximum absolute atomic E-state index is 12.4. The number of carbonyl (C=O) groups excluding carboxylic acids is 1. The van der Waals surface area contributed by atoms with Gasteiger partial charge in [0.2, 0.25) is 0 Å². The zero-order chi connectivity index (χ0) is 19.9. The van der Waals surface area contributed by atoms with E-state index in [0.29, 0.717) is 17.0 Å². The molecule has 0 aromatic heterocycles. The number of rotatable bonds is 5. The van der Waals surface area contributed by atoms with Gasteiger partial charge in [-0.25, -0.2) is 4.79 Å². The summed E-state index contributed by atoms with van der Waals surface area (Å²) in [6, 6.07) is 33.8. The quantitative estimate of drug-likeness (QED) is 0.213. The van der Waals surface area contributed by atoms with Gasteiger partial charge in [-0.15, -0.1) is 0 Å². The molecule has 0 fully saturated rings. The number of ether oxygens (including phenoxy) is 1. The summed E-state index contributed by atoms with van der Waals surface area (Å²) in [6.45, 7) is 0. The Morgan fingerprint density at radius 1 is 0.552 bits per heavy atom. The lowest BCUT2D eigenvalue weighted by Crippen LogP contribution is -2.07. The van der Waals surface area contributed by atoms with Crippen molar-refractivity contribution in [2.24, 2.45) is 10.2 Å². The third-order valence-electron chi connectivity index (χ3n) is 4.31. The van der Waals surface area contributed by atoms with Crippen molar-refractivity contribution in [1.29, 1.82) is 0 Å². The number of carbonyl (C=O) groups is 1. The van der Waals surface area contributed by atoms with Crippen LogP contribution in [0.1, 0.15) is 10.4 Å². The van der Waals surface area contributed by atoms with Crippen LogP contribution in [0.25, 0.3) is 11.1 Å². The lowest BCUT2D eigenvalue weighted by atomic mass is 10.1. The molecule has 0 spiro atoms. The van der Waals surface area contributed by atoms with Gasteiger partial charge in [0.15, 0.2) is 0 Å². The van der Waals surface area contributed by atoms with E-state index in [1.54, 1.807) is 36.4 Å². The average molecular weight is 378 g/mol. The van der Waals surface area contributed by atoms with Crippen molar-refractivity contribution >= 4 is 17.3 Å². The second-order valence-corrected chi connectivity index (χ2v) is 6.36. The maximum atomic E-state index is 12.4. The normalized spacial score (nSPS) is 10.8. The smallest absolute Gasteiger partial charge is 0.343 e. The van der Waals surface area contributed by atoms with Crippen LogP contribution in [0.4, 0.5) is 11.4 Å². The molecule has 140 valence electrons. The van der Waals surface area contributed by atoms with E-state index in [-0.39, 0.29) is 0 Å². The predicted molar refractivity (Wildman–Crippen MR) is 114 cm³/mol. The van der Waals surface area contributed by atoms with Crippen molar-refractivity contribution in [3.8, 4) is 16.9 Å². The van der Waals surface area contributed by atoms with Crippen LogP contribution in [-0.2, 0) is 0 Å². The molecule has 4 aromatic rings. The summed E-state index contributed by atoms with van der Waals surface area (Å²) in [6.07, 6.45) is 0. The summed E-state index contributed by atoms with van der Waals surface area (Å²) < 4.78 is 5.47. The maximum Gasteiger partial charge on any atom is 0.343 e. The first-order valence-corrected chi connectivity index (χ1v) is 9.22. The Balaban J connectivity index is 1.40. The Labute approximate surface area is 169 Å². The molecule has 0 atom stereocenters. The van der Waals surface area contributed by atoms with Gasteiger partial charge in [0, 0.05) is 0 Å². The molecule has 0 radical (unpaired) electrons. The number of benzene rings is 4. The molecule has 0 aliphatic rings. The van der Waals surface area contributed by atoms with E-state index in [4.69, 9.17) is 4.74 Å². The molecule has 0 N–H and O–H groups in total. The molecular weight excluding hydrogens is 360 g/mol. The lowest BCUT2D eigenvalue weighted by molar-refractivity contribution is 0.0735. The Hall–Kier alpha value is -4.05. The zero-order valence-electron chi connectivity index (χ0n) is 15.6. The van der Waals surface area contributed by atoms with E-state index in [9.17, 15) is 4.79 Å². The Morgan fingerprint density at radius 2 is 1.07 bits per heavy atom. The summed E-state index contributed by atoms with van der Waals surface area (Å²) in [5.41, 5.74) is 4.08. The first kappa shape index (κ1) is 18.3. The fourth-order valence-corrected chi connectivity index (χ4v) is 2.79. The number of hydrogen-bond acceptors (Lipinski definition) is 4. The van der Waals surface area contributed by atoms with Gasteiger partial charge in [0.25, 0.3) is 0 Å². The van der Waals surface area contributed by atoms with Crippen LogP contribution in [0.2, 0.25) is 0 Å². The van der Waals surface area contributed by atoms with E-state index in [1.807, 2.05) is 72.8 Å². The van der Waals surface area contributed by atoms with Crippen molar-refractivity contribution in [3.63, 3.8) is 0 Å². The van der Waals surface area contributed by atoms with Crippen molar-refractivity contribution in [2.75, 3.05) is 0 Å². The number of azo groups is 1. The summed E-state index contributed by atoms with van der Waals surface area (Å²) in [7, 11) is 0. The molecule has 0 heterocycles. The van der Waals surface area contributed by atoms with Gasteiger partial charge in [-0.3, -0.25) is 0 Å². The monoisotopic (exact) mass is 378 g/mol. The predicted octanol–water partition coefficient (Wildman–Crippen LogP) is 6.99. The van der Waals surface area contributed by atoms with Crippen molar-refractivity contribution < 1.29 is 9.53 Å². The van der Waals surface area contributed by atoms with Crippen LogP contribution >= 0.6 is 0 Å². The zero-order valence-corrected chi connectivity index (χ0v) is 15.6. The van der Waals surface area contributed by atoms with Crippen LogP contribution in [0.15, 0.2) is 119 Å². The molecule has 0 saturated carbocycles. The van der Waals surface area contributed by atoms with E-state index in [2.05, 4.69) is 10.2 Å². The Kier molecular flexibility index (Phi) is 5.53. The van der Waals surface area contributed by atoms with Crippen molar-refractivity contribution in [1.82, 2.24) is 0 Å². The minimum absolute atomic E-state index is 0.413. The molecule has 4 heteroatoms. The van der Waals surface area contributed by atoms with E-state index in [0.717, 1.165) is 16.8 Å². The molecule has 0 aliphatic heterocycles. The Morgan fingerprint density at radius 3 is 1.69 bits per heavy atom. The highest BCUT2D eigenvalue weighted by atomic mass is 16.5. The summed E-state index contributed by atoms with van der Waals surface area (Å²) in [5, 5.41) is 8.33. The SMILES string of the molecule is O=C(Oc1ccc(-c2ccccc2)cc1)c1ccc(N=Nc2ccccc2)cc1. The van der Waals surface area contributed by atoms with Crippen LogP contribution in [0.3, 0.4) is 0 Å². The molecule has 0 amide bonds.